The van der Waals surface area contributed by atoms with Crippen LogP contribution in [0.5, 0.6) is 0 Å². The molecular formula is C22H29FN2OS. The maximum Gasteiger partial charge on any atom is 0.185 e. The number of hydrogen-bond acceptors (Lipinski definition) is 4. The van der Waals surface area contributed by atoms with Crippen LogP contribution in [-0.2, 0) is 11.2 Å². The minimum atomic E-state index is -0.456. The van der Waals surface area contributed by atoms with Gasteiger partial charge in [0.1, 0.15) is 11.6 Å². The lowest BCUT2D eigenvalue weighted by atomic mass is 9.78. The van der Waals surface area contributed by atoms with Gasteiger partial charge in [0, 0.05) is 36.2 Å². The zero-order valence-corrected chi connectivity index (χ0v) is 17.3. The van der Waals surface area contributed by atoms with E-state index >= 15 is 0 Å². The molecule has 0 saturated carbocycles. The molecule has 1 aromatic heterocycles. The van der Waals surface area contributed by atoms with E-state index in [4.69, 9.17) is 4.98 Å². The van der Waals surface area contributed by atoms with E-state index in [0.717, 1.165) is 29.5 Å². The molecule has 2 heterocycles. The molecule has 1 aromatic carbocycles. The summed E-state index contributed by atoms with van der Waals surface area (Å²) in [6, 6.07) is 6.32. The van der Waals surface area contributed by atoms with Crippen LogP contribution in [0.25, 0.3) is 0 Å². The van der Waals surface area contributed by atoms with Crippen molar-refractivity contribution in [1.82, 2.24) is 4.98 Å². The van der Waals surface area contributed by atoms with Gasteiger partial charge in [0.25, 0.3) is 0 Å². The third kappa shape index (κ3) is 5.16. The summed E-state index contributed by atoms with van der Waals surface area (Å²) in [5.74, 6) is -0.416. The maximum absolute atomic E-state index is 13.4. The van der Waals surface area contributed by atoms with Crippen LogP contribution in [0.1, 0.15) is 63.6 Å². The van der Waals surface area contributed by atoms with Crippen LogP contribution in [0.3, 0.4) is 0 Å². The summed E-state index contributed by atoms with van der Waals surface area (Å²) in [5, 5.41) is 3.14. The van der Waals surface area contributed by atoms with Gasteiger partial charge in [-0.05, 0) is 30.5 Å². The predicted molar refractivity (Wildman–Crippen MR) is 110 cm³/mol. The Hall–Kier alpha value is -1.75. The second-order valence-electron chi connectivity index (χ2n) is 8.45. The van der Waals surface area contributed by atoms with Gasteiger partial charge in [0.15, 0.2) is 5.13 Å². The Kier molecular flexibility index (Phi) is 6.30. The first-order valence-corrected chi connectivity index (χ1v) is 10.7. The van der Waals surface area contributed by atoms with Crippen LogP contribution in [0.4, 0.5) is 9.52 Å². The molecule has 0 bridgehead atoms. The van der Waals surface area contributed by atoms with Crippen LogP contribution in [0.15, 0.2) is 29.6 Å². The van der Waals surface area contributed by atoms with E-state index in [1.165, 1.54) is 37.8 Å². The molecule has 1 fully saturated rings. The monoisotopic (exact) mass is 388 g/mol. The highest BCUT2D eigenvalue weighted by atomic mass is 32.1. The number of halogens is 1. The molecule has 146 valence electrons. The van der Waals surface area contributed by atoms with Crippen LogP contribution >= 0.6 is 11.3 Å². The Labute approximate surface area is 165 Å². The molecule has 1 aliphatic rings. The second kappa shape index (κ2) is 8.51. The fraction of sp³-hybridized carbons (Fsp3) is 0.545. The Bertz CT molecular complexity index is 755. The topological polar surface area (TPSA) is 33.2 Å². The number of benzene rings is 1. The van der Waals surface area contributed by atoms with Crippen LogP contribution in [0.2, 0.25) is 0 Å². The lowest BCUT2D eigenvalue weighted by Gasteiger charge is -2.24. The quantitative estimate of drug-likeness (QED) is 0.668. The van der Waals surface area contributed by atoms with Crippen molar-refractivity contribution in [2.75, 3.05) is 18.0 Å². The molecule has 5 heteroatoms. The van der Waals surface area contributed by atoms with Gasteiger partial charge in [-0.3, -0.25) is 4.79 Å². The summed E-state index contributed by atoms with van der Waals surface area (Å²) in [5.41, 5.74) is 1.36. The predicted octanol–water partition coefficient (Wildman–Crippen LogP) is 5.60. The minimum Gasteiger partial charge on any atom is -0.348 e. The molecule has 3 rings (SSSR count). The molecule has 1 saturated heterocycles. The number of Topliss-reactive ketones (excluding diaryl/α,β-unsaturated/α-hetero) is 1. The summed E-state index contributed by atoms with van der Waals surface area (Å²) in [6.45, 7) is 7.95. The van der Waals surface area contributed by atoms with Crippen LogP contribution in [0, 0.1) is 11.2 Å². The van der Waals surface area contributed by atoms with Gasteiger partial charge in [-0.25, -0.2) is 9.37 Å². The summed E-state index contributed by atoms with van der Waals surface area (Å²) < 4.78 is 13.4. The standard InChI is InChI=1S/C22H29FN2OS/c1-22(2,3)20(26)19(16-8-10-17(23)11-9-16)14-18-15-27-21(24-18)25-12-6-4-5-7-13-25/h8-11,15,19H,4-7,12-14H2,1-3H3. The molecule has 0 N–H and O–H groups in total. The van der Waals surface area contributed by atoms with Gasteiger partial charge < -0.3 is 4.90 Å². The number of carbonyl (C=O) groups excluding carboxylic acids is 1. The molecule has 0 aliphatic carbocycles. The highest BCUT2D eigenvalue weighted by molar-refractivity contribution is 7.13. The summed E-state index contributed by atoms with van der Waals surface area (Å²) >= 11 is 1.67. The van der Waals surface area contributed by atoms with E-state index in [1.807, 2.05) is 20.8 Å². The molecule has 1 atom stereocenters. The van der Waals surface area contributed by atoms with E-state index in [2.05, 4.69) is 10.3 Å². The number of rotatable bonds is 5. The molecule has 0 amide bonds. The summed E-state index contributed by atoms with van der Waals surface area (Å²) in [6.07, 6.45) is 5.58. The third-order valence-corrected chi connectivity index (χ3v) is 6.11. The van der Waals surface area contributed by atoms with Crippen molar-refractivity contribution in [2.45, 2.75) is 58.8 Å². The van der Waals surface area contributed by atoms with Gasteiger partial charge in [0.05, 0.1) is 5.69 Å². The summed E-state index contributed by atoms with van der Waals surface area (Å²) in [7, 11) is 0. The maximum atomic E-state index is 13.4. The highest BCUT2D eigenvalue weighted by Gasteiger charge is 2.31. The van der Waals surface area contributed by atoms with Gasteiger partial charge >= 0.3 is 0 Å². The smallest absolute Gasteiger partial charge is 0.185 e. The van der Waals surface area contributed by atoms with Crippen LogP contribution < -0.4 is 4.90 Å². The van der Waals surface area contributed by atoms with Crippen molar-refractivity contribution in [3.63, 3.8) is 0 Å². The number of aromatic nitrogens is 1. The average molecular weight is 389 g/mol. The van der Waals surface area contributed by atoms with Crippen molar-refractivity contribution in [3.05, 3.63) is 46.7 Å². The first-order chi connectivity index (χ1) is 12.8. The number of nitrogens with zero attached hydrogens (tertiary/aromatic N) is 2. The van der Waals surface area contributed by atoms with E-state index in [-0.39, 0.29) is 17.5 Å². The van der Waals surface area contributed by atoms with Crippen molar-refractivity contribution in [3.8, 4) is 0 Å². The molecule has 1 unspecified atom stereocenters. The average Bonchev–Trinajstić information content (AvgIpc) is 2.92. The number of thiazole rings is 1. The van der Waals surface area contributed by atoms with Crippen molar-refractivity contribution < 1.29 is 9.18 Å². The first kappa shape index (κ1) is 20.0. The second-order valence-corrected chi connectivity index (χ2v) is 9.28. The number of hydrogen-bond donors (Lipinski definition) is 0. The van der Waals surface area contributed by atoms with E-state index in [1.54, 1.807) is 23.5 Å². The van der Waals surface area contributed by atoms with Gasteiger partial charge in [-0.15, -0.1) is 11.3 Å². The van der Waals surface area contributed by atoms with Crippen molar-refractivity contribution in [2.24, 2.45) is 5.41 Å². The number of anilines is 1. The van der Waals surface area contributed by atoms with E-state index in [0.29, 0.717) is 6.42 Å². The van der Waals surface area contributed by atoms with Gasteiger partial charge in [-0.1, -0.05) is 45.7 Å². The van der Waals surface area contributed by atoms with Gasteiger partial charge in [0.2, 0.25) is 0 Å². The zero-order chi connectivity index (χ0) is 19.4. The molecule has 0 radical (unpaired) electrons. The Balaban J connectivity index is 1.81. The van der Waals surface area contributed by atoms with Crippen molar-refractivity contribution >= 4 is 22.3 Å². The van der Waals surface area contributed by atoms with Crippen LogP contribution in [-0.4, -0.2) is 23.9 Å². The minimum absolute atomic E-state index is 0.165. The SMILES string of the molecule is CC(C)(C)C(=O)C(Cc1csc(N2CCCCCC2)n1)c1ccc(F)cc1. The summed E-state index contributed by atoms with van der Waals surface area (Å²) in [4.78, 5) is 20.3. The first-order valence-electron chi connectivity index (χ1n) is 9.84. The molecule has 3 nitrogen and oxygen atoms in total. The van der Waals surface area contributed by atoms with E-state index < -0.39 is 5.41 Å². The molecule has 27 heavy (non-hydrogen) atoms. The lowest BCUT2D eigenvalue weighted by molar-refractivity contribution is -0.127. The highest BCUT2D eigenvalue weighted by Crippen LogP contribution is 2.32. The van der Waals surface area contributed by atoms with Crippen molar-refractivity contribution in [1.29, 1.82) is 0 Å². The Morgan fingerprint density at radius 2 is 1.78 bits per heavy atom. The number of carbonyl (C=O) groups is 1. The fourth-order valence-corrected chi connectivity index (χ4v) is 4.48. The normalized spacial score (nSPS) is 16.8. The number of ketones is 1. The largest absolute Gasteiger partial charge is 0.348 e. The molecular weight excluding hydrogens is 359 g/mol. The Morgan fingerprint density at radius 3 is 2.37 bits per heavy atom. The lowest BCUT2D eigenvalue weighted by Crippen LogP contribution is -2.28. The third-order valence-electron chi connectivity index (χ3n) is 5.16. The fourth-order valence-electron chi connectivity index (χ4n) is 3.59. The zero-order valence-electron chi connectivity index (χ0n) is 16.5. The van der Waals surface area contributed by atoms with Gasteiger partial charge in [-0.2, -0.15) is 0 Å². The Morgan fingerprint density at radius 1 is 1.15 bits per heavy atom. The molecule has 0 spiro atoms. The van der Waals surface area contributed by atoms with E-state index in [9.17, 15) is 9.18 Å². The molecule has 2 aromatic rings. The molecule has 1 aliphatic heterocycles.